The molecule has 1 aliphatic carbocycles. The van der Waals surface area contributed by atoms with Gasteiger partial charge in [-0.05, 0) is 19.1 Å². The maximum Gasteiger partial charge on any atom is 0.208 e. The molecule has 1 fully saturated rings. The number of nitriles is 1. The largest absolute Gasteiger partial charge is 0.351 e. The smallest absolute Gasteiger partial charge is 0.208 e. The van der Waals surface area contributed by atoms with Crippen molar-refractivity contribution in [3.8, 4) is 6.19 Å². The van der Waals surface area contributed by atoms with Gasteiger partial charge in [0.1, 0.15) is 0 Å². The molecule has 0 aromatic heterocycles. The number of thioether (sulfide) groups is 1. The zero-order chi connectivity index (χ0) is 9.68. The Morgan fingerprint density at radius 2 is 2.15 bits per heavy atom. The molecule has 1 saturated carbocycles. The third-order valence-corrected chi connectivity index (χ3v) is 3.25. The van der Waals surface area contributed by atoms with E-state index in [4.69, 9.17) is 5.26 Å². The molecule has 0 unspecified atom stereocenters. The lowest BCUT2D eigenvalue weighted by molar-refractivity contribution is 0.378. The van der Waals surface area contributed by atoms with Crippen molar-refractivity contribution in [3.05, 3.63) is 0 Å². The number of hydrogen-bond donors (Lipinski definition) is 0. The van der Waals surface area contributed by atoms with Crippen molar-refractivity contribution in [1.82, 2.24) is 4.90 Å². The highest BCUT2D eigenvalue weighted by molar-refractivity contribution is 8.13. The maximum absolute atomic E-state index is 8.48. The van der Waals surface area contributed by atoms with Crippen molar-refractivity contribution in [3.63, 3.8) is 0 Å². The predicted octanol–water partition coefficient (Wildman–Crippen LogP) is 2.06. The summed E-state index contributed by atoms with van der Waals surface area (Å²) in [6.07, 6.45) is 8.90. The Morgan fingerprint density at radius 1 is 1.54 bits per heavy atom. The standard InChI is InChI=1S/C9H15N3S/c1-12(8-5-3-4-6-8)9(13-2)11-7-10/h8H,3-6H2,1-2H3. The average Bonchev–Trinajstić information content (AvgIpc) is 2.65. The molecule has 3 nitrogen and oxygen atoms in total. The highest BCUT2D eigenvalue weighted by Crippen LogP contribution is 2.24. The fourth-order valence-corrected chi connectivity index (χ4v) is 2.33. The van der Waals surface area contributed by atoms with Crippen LogP contribution in [-0.2, 0) is 0 Å². The number of hydrogen-bond acceptors (Lipinski definition) is 3. The molecule has 0 aromatic carbocycles. The van der Waals surface area contributed by atoms with E-state index in [2.05, 4.69) is 9.89 Å². The summed E-state index contributed by atoms with van der Waals surface area (Å²) < 4.78 is 0. The number of aliphatic imine (C=N–C) groups is 1. The Labute approximate surface area is 83.8 Å². The van der Waals surface area contributed by atoms with Gasteiger partial charge in [0, 0.05) is 13.1 Å². The first-order valence-corrected chi connectivity index (χ1v) is 5.75. The quantitative estimate of drug-likeness (QED) is 0.367. The highest BCUT2D eigenvalue weighted by Gasteiger charge is 2.21. The van der Waals surface area contributed by atoms with Crippen molar-refractivity contribution < 1.29 is 0 Å². The molecular formula is C9H15N3S. The van der Waals surface area contributed by atoms with Gasteiger partial charge in [0.2, 0.25) is 6.19 Å². The van der Waals surface area contributed by atoms with Gasteiger partial charge in [0.15, 0.2) is 5.17 Å². The van der Waals surface area contributed by atoms with Gasteiger partial charge in [0.05, 0.1) is 0 Å². The van der Waals surface area contributed by atoms with E-state index >= 15 is 0 Å². The summed E-state index contributed by atoms with van der Waals surface area (Å²) >= 11 is 1.54. The predicted molar refractivity (Wildman–Crippen MR) is 56.6 cm³/mol. The average molecular weight is 197 g/mol. The first kappa shape index (κ1) is 10.4. The number of amidine groups is 1. The van der Waals surface area contributed by atoms with Gasteiger partial charge in [-0.1, -0.05) is 24.6 Å². The molecule has 0 bridgehead atoms. The summed E-state index contributed by atoms with van der Waals surface area (Å²) in [6.45, 7) is 0. The van der Waals surface area contributed by atoms with Crippen molar-refractivity contribution in [2.24, 2.45) is 4.99 Å². The second-order valence-electron chi connectivity index (χ2n) is 3.25. The highest BCUT2D eigenvalue weighted by atomic mass is 32.2. The maximum atomic E-state index is 8.48. The van der Waals surface area contributed by atoms with Gasteiger partial charge in [-0.25, -0.2) is 0 Å². The van der Waals surface area contributed by atoms with Crippen LogP contribution in [0.2, 0.25) is 0 Å². The SMILES string of the molecule is CSC(=NC#N)N(C)C1CCCC1. The molecule has 0 aromatic rings. The lowest BCUT2D eigenvalue weighted by Crippen LogP contribution is -2.33. The van der Waals surface area contributed by atoms with Crippen LogP contribution in [0.4, 0.5) is 0 Å². The minimum absolute atomic E-state index is 0.597. The Kier molecular flexibility index (Phi) is 4.10. The summed E-state index contributed by atoms with van der Waals surface area (Å²) in [6, 6.07) is 0.597. The van der Waals surface area contributed by atoms with Crippen LogP contribution >= 0.6 is 11.8 Å². The van der Waals surface area contributed by atoms with E-state index in [-0.39, 0.29) is 0 Å². The van der Waals surface area contributed by atoms with E-state index in [0.29, 0.717) is 6.04 Å². The zero-order valence-electron chi connectivity index (χ0n) is 8.16. The van der Waals surface area contributed by atoms with Gasteiger partial charge in [-0.2, -0.15) is 5.26 Å². The normalized spacial score (nSPS) is 18.7. The summed E-state index contributed by atoms with van der Waals surface area (Å²) in [7, 11) is 2.03. The summed E-state index contributed by atoms with van der Waals surface area (Å²) in [4.78, 5) is 5.94. The molecule has 0 N–H and O–H groups in total. The van der Waals surface area contributed by atoms with Crippen molar-refractivity contribution >= 4 is 16.9 Å². The second kappa shape index (κ2) is 5.13. The first-order chi connectivity index (χ1) is 6.29. The molecule has 0 aliphatic heterocycles. The molecule has 0 spiro atoms. The Balaban J connectivity index is 2.58. The first-order valence-electron chi connectivity index (χ1n) is 4.53. The zero-order valence-corrected chi connectivity index (χ0v) is 8.97. The summed E-state index contributed by atoms with van der Waals surface area (Å²) in [5, 5.41) is 9.32. The van der Waals surface area contributed by atoms with Crippen LogP contribution in [-0.4, -0.2) is 29.4 Å². The van der Waals surface area contributed by atoms with Crippen molar-refractivity contribution in [1.29, 1.82) is 5.26 Å². The molecule has 0 saturated heterocycles. The lowest BCUT2D eigenvalue weighted by Gasteiger charge is -2.25. The topological polar surface area (TPSA) is 39.4 Å². The monoisotopic (exact) mass is 197 g/mol. The molecule has 1 aliphatic rings. The molecule has 4 heteroatoms. The summed E-state index contributed by atoms with van der Waals surface area (Å²) in [5.74, 6) is 0. The molecule has 13 heavy (non-hydrogen) atoms. The van der Waals surface area contributed by atoms with Crippen LogP contribution in [0.3, 0.4) is 0 Å². The fraction of sp³-hybridized carbons (Fsp3) is 0.778. The third kappa shape index (κ3) is 2.63. The molecule has 72 valence electrons. The van der Waals surface area contributed by atoms with E-state index in [0.717, 1.165) is 5.17 Å². The molecule has 1 rings (SSSR count). The molecule has 0 amide bonds. The summed E-state index contributed by atoms with van der Waals surface area (Å²) in [5.41, 5.74) is 0. The third-order valence-electron chi connectivity index (χ3n) is 2.50. The van der Waals surface area contributed by atoms with Gasteiger partial charge >= 0.3 is 0 Å². The van der Waals surface area contributed by atoms with E-state index in [9.17, 15) is 0 Å². The van der Waals surface area contributed by atoms with Gasteiger partial charge < -0.3 is 4.90 Å². The Bertz CT molecular complexity index is 226. The van der Waals surface area contributed by atoms with Crippen LogP contribution < -0.4 is 0 Å². The minimum atomic E-state index is 0.597. The fourth-order valence-electron chi connectivity index (χ4n) is 1.76. The molecule has 0 atom stereocenters. The Hall–Kier alpha value is -0.690. The number of nitrogens with zero attached hydrogens (tertiary/aromatic N) is 3. The van der Waals surface area contributed by atoms with E-state index in [1.165, 1.54) is 25.7 Å². The van der Waals surface area contributed by atoms with Gasteiger partial charge in [0.25, 0.3) is 0 Å². The molecule has 0 heterocycles. The molecular weight excluding hydrogens is 182 g/mol. The van der Waals surface area contributed by atoms with Crippen LogP contribution in [0, 0.1) is 11.5 Å². The van der Waals surface area contributed by atoms with Crippen molar-refractivity contribution in [2.75, 3.05) is 13.3 Å². The van der Waals surface area contributed by atoms with Crippen LogP contribution in [0.1, 0.15) is 25.7 Å². The molecule has 0 radical (unpaired) electrons. The van der Waals surface area contributed by atoms with Gasteiger partial charge in [-0.15, -0.1) is 4.99 Å². The van der Waals surface area contributed by atoms with Crippen LogP contribution in [0.15, 0.2) is 4.99 Å². The van der Waals surface area contributed by atoms with Crippen LogP contribution in [0.5, 0.6) is 0 Å². The second-order valence-corrected chi connectivity index (χ2v) is 4.02. The lowest BCUT2D eigenvalue weighted by atomic mass is 10.2. The van der Waals surface area contributed by atoms with E-state index < -0.39 is 0 Å². The minimum Gasteiger partial charge on any atom is -0.351 e. The Morgan fingerprint density at radius 3 is 2.62 bits per heavy atom. The van der Waals surface area contributed by atoms with Crippen LogP contribution in [0.25, 0.3) is 0 Å². The van der Waals surface area contributed by atoms with E-state index in [1.54, 1.807) is 11.8 Å². The number of rotatable bonds is 1. The van der Waals surface area contributed by atoms with Crippen molar-refractivity contribution in [2.45, 2.75) is 31.7 Å². The van der Waals surface area contributed by atoms with E-state index in [1.807, 2.05) is 19.5 Å². The van der Waals surface area contributed by atoms with Gasteiger partial charge in [-0.3, -0.25) is 0 Å².